The lowest BCUT2D eigenvalue weighted by Crippen LogP contribution is -2.33. The molecular weight excluding hydrogens is 894 g/mol. The van der Waals surface area contributed by atoms with Crippen LogP contribution in [0.3, 0.4) is 0 Å². The number of hydrogen-bond acceptors (Lipinski definition) is 11. The topological polar surface area (TPSA) is 199 Å². The molecule has 0 aliphatic rings. The number of sulfonamides is 1. The lowest BCUT2D eigenvalue weighted by atomic mass is 9.83. The van der Waals surface area contributed by atoms with E-state index in [-0.39, 0.29) is 27.2 Å². The molecule has 0 saturated heterocycles. The molecule has 0 bridgehead atoms. The van der Waals surface area contributed by atoms with Gasteiger partial charge in [-0.25, -0.2) is 28.0 Å². The largest absolute Gasteiger partial charge is 0.496 e. The van der Waals surface area contributed by atoms with Crippen LogP contribution in [0.1, 0.15) is 68.7 Å². The number of carbonyl (C=O) groups is 1. The third-order valence-electron chi connectivity index (χ3n) is 11.3. The molecule has 4 heterocycles. The zero-order valence-electron chi connectivity index (χ0n) is 38.1. The van der Waals surface area contributed by atoms with Crippen molar-refractivity contribution >= 4 is 55.2 Å². The molecule has 0 saturated carbocycles. The van der Waals surface area contributed by atoms with E-state index in [4.69, 9.17) is 36.1 Å². The Hall–Kier alpha value is -7.43. The molecule has 0 spiro atoms. The van der Waals surface area contributed by atoms with Crippen molar-refractivity contribution in [3.05, 3.63) is 162 Å². The number of nitrogens with zero attached hydrogens (tertiary/aromatic N) is 5. The highest BCUT2D eigenvalue weighted by Crippen LogP contribution is 2.43. The Morgan fingerprint density at radius 3 is 2.21 bits per heavy atom. The van der Waals surface area contributed by atoms with Gasteiger partial charge in [0, 0.05) is 57.9 Å². The number of aryl methyl sites for hydroxylation is 1. The first-order chi connectivity index (χ1) is 31.5. The summed E-state index contributed by atoms with van der Waals surface area (Å²) in [5, 5.41) is 0.665. The van der Waals surface area contributed by atoms with Crippen LogP contribution in [0.15, 0.2) is 118 Å². The fourth-order valence-corrected chi connectivity index (χ4v) is 8.87. The van der Waals surface area contributed by atoms with Gasteiger partial charge < -0.3 is 14.6 Å². The van der Waals surface area contributed by atoms with Crippen LogP contribution in [0.2, 0.25) is 5.02 Å². The van der Waals surface area contributed by atoms with Crippen molar-refractivity contribution in [2.75, 3.05) is 17.8 Å². The van der Waals surface area contributed by atoms with Gasteiger partial charge in [0.15, 0.2) is 0 Å². The summed E-state index contributed by atoms with van der Waals surface area (Å²) in [6.45, 7) is 13.9. The molecule has 4 aromatic heterocycles. The van der Waals surface area contributed by atoms with Crippen molar-refractivity contribution in [2.45, 2.75) is 59.3 Å². The van der Waals surface area contributed by atoms with Crippen LogP contribution in [0.4, 0.5) is 5.69 Å². The third kappa shape index (κ3) is 8.85. The summed E-state index contributed by atoms with van der Waals surface area (Å²) in [5.74, 6) is -0.444. The zero-order chi connectivity index (χ0) is 48.3. The van der Waals surface area contributed by atoms with Crippen molar-refractivity contribution in [2.24, 2.45) is 0 Å². The molecule has 8 rings (SSSR count). The number of pyridine rings is 2. The van der Waals surface area contributed by atoms with Gasteiger partial charge in [0.25, 0.3) is 21.1 Å². The SMILES string of the molecule is COc1c(C(C)(C)C)cc(-c2ccc[nH]c2=O)c2ncc(-c3ccccc3C(=O)ON(c3ccc(-c4nc5cc(C(C)(C)C)cc(-n6ccc(=O)[nH]c6=O)c5nc4C)c(Cl)c3)S(C)(=O)=O)cc12. The molecule has 67 heavy (non-hydrogen) atoms. The summed E-state index contributed by atoms with van der Waals surface area (Å²) in [6.07, 6.45) is 5.41. The Labute approximate surface area is 390 Å². The van der Waals surface area contributed by atoms with Crippen molar-refractivity contribution in [1.29, 1.82) is 0 Å². The molecule has 0 fully saturated rings. The summed E-state index contributed by atoms with van der Waals surface area (Å²) in [6, 6.07) is 23.1. The fourth-order valence-electron chi connectivity index (χ4n) is 7.90. The minimum absolute atomic E-state index is 0.0332. The van der Waals surface area contributed by atoms with E-state index in [2.05, 4.69) is 9.97 Å². The number of fused-ring (bicyclic) bond motifs is 2. The number of ether oxygens (including phenoxy) is 1. The minimum atomic E-state index is -4.28. The van der Waals surface area contributed by atoms with E-state index in [1.807, 2.05) is 65.8 Å². The second-order valence-corrected chi connectivity index (χ2v) is 20.3. The van der Waals surface area contributed by atoms with Gasteiger partial charge in [-0.1, -0.05) is 75.8 Å². The summed E-state index contributed by atoms with van der Waals surface area (Å²) >= 11 is 6.93. The van der Waals surface area contributed by atoms with Crippen LogP contribution in [0.5, 0.6) is 5.75 Å². The number of halogens is 1. The molecule has 8 aromatic rings. The average Bonchev–Trinajstić information content (AvgIpc) is 3.26. The predicted molar refractivity (Wildman–Crippen MR) is 261 cm³/mol. The Kier molecular flexibility index (Phi) is 11.8. The van der Waals surface area contributed by atoms with Gasteiger partial charge in [-0.2, -0.15) is 0 Å². The van der Waals surface area contributed by atoms with Crippen LogP contribution in [0.25, 0.3) is 61.1 Å². The van der Waals surface area contributed by atoms with Gasteiger partial charge in [-0.05, 0) is 89.5 Å². The van der Waals surface area contributed by atoms with Crippen LogP contribution in [-0.4, -0.2) is 57.2 Å². The Morgan fingerprint density at radius 1 is 0.821 bits per heavy atom. The lowest BCUT2D eigenvalue weighted by molar-refractivity contribution is 0.0529. The van der Waals surface area contributed by atoms with Crippen molar-refractivity contribution in [3.8, 4) is 44.9 Å². The molecule has 0 unspecified atom stereocenters. The molecule has 0 radical (unpaired) electrons. The zero-order valence-corrected chi connectivity index (χ0v) is 39.7. The monoisotopic (exact) mass is 939 g/mol. The summed E-state index contributed by atoms with van der Waals surface area (Å²) < 4.78 is 34.6. The molecule has 4 aromatic carbocycles. The molecule has 17 heteroatoms. The van der Waals surface area contributed by atoms with Gasteiger partial charge in [0.05, 0.1) is 57.7 Å². The van der Waals surface area contributed by atoms with Crippen molar-refractivity contribution in [1.82, 2.24) is 29.5 Å². The average molecular weight is 940 g/mol. The smallest absolute Gasteiger partial charge is 0.365 e. The van der Waals surface area contributed by atoms with Gasteiger partial charge >= 0.3 is 11.7 Å². The number of H-pyrrole nitrogens is 2. The second-order valence-electron chi connectivity index (χ2n) is 18.1. The highest BCUT2D eigenvalue weighted by molar-refractivity contribution is 7.91. The van der Waals surface area contributed by atoms with E-state index in [9.17, 15) is 27.6 Å². The maximum absolute atomic E-state index is 14.2. The quantitative estimate of drug-likeness (QED) is 0.131. The van der Waals surface area contributed by atoms with E-state index in [1.54, 1.807) is 62.8 Å². The first-order valence-electron chi connectivity index (χ1n) is 21.0. The van der Waals surface area contributed by atoms with Gasteiger partial charge in [-0.3, -0.25) is 24.1 Å². The molecular formula is C50H46ClN7O8S. The number of nitrogens with one attached hydrogen (secondary N) is 2. The van der Waals surface area contributed by atoms with Gasteiger partial charge in [0.2, 0.25) is 0 Å². The summed E-state index contributed by atoms with van der Waals surface area (Å²) in [4.78, 5) is 77.5. The molecule has 0 amide bonds. The first-order valence-corrected chi connectivity index (χ1v) is 23.2. The first kappa shape index (κ1) is 46.1. The fraction of sp³-hybridized carbons (Fsp3) is 0.220. The van der Waals surface area contributed by atoms with E-state index in [1.165, 1.54) is 35.0 Å². The van der Waals surface area contributed by atoms with Crippen LogP contribution < -0.4 is 26.0 Å². The summed E-state index contributed by atoms with van der Waals surface area (Å²) in [7, 11) is -2.72. The van der Waals surface area contributed by atoms with Crippen LogP contribution >= 0.6 is 11.6 Å². The van der Waals surface area contributed by atoms with Crippen molar-refractivity contribution in [3.63, 3.8) is 0 Å². The van der Waals surface area contributed by atoms with E-state index >= 15 is 0 Å². The molecule has 0 atom stereocenters. The molecule has 0 aliphatic heterocycles. The number of aromatic amines is 2. The predicted octanol–water partition coefficient (Wildman–Crippen LogP) is 8.81. The highest BCUT2D eigenvalue weighted by atomic mass is 35.5. The summed E-state index contributed by atoms with van der Waals surface area (Å²) in [5.41, 5.74) is 4.25. The maximum atomic E-state index is 14.2. The van der Waals surface area contributed by atoms with Gasteiger partial charge in [0.1, 0.15) is 11.3 Å². The Bertz CT molecular complexity index is 3630. The van der Waals surface area contributed by atoms with Crippen molar-refractivity contribution < 1.29 is 22.8 Å². The minimum Gasteiger partial charge on any atom is -0.496 e. The number of rotatable bonds is 9. The standard InChI is InChI=1S/C50H46ClN7O8S/c1-27-42(55-39-22-29(49(2,3)4)23-40(44(39)54-27)57-20-18-41(59)56-48(57)62)34-17-16-30(24-38(34)51)58(67(9,63)64)66-47(61)33-14-11-10-13-31(33)28-21-36-43(53-26-28)35(32-15-12-19-52-46(32)60)25-37(45(36)65-8)50(5,6)7/h10-26H,1-9H3,(H,52,60)(H,56,59,62). The second kappa shape index (κ2) is 17.1. The number of aromatic nitrogens is 6. The van der Waals surface area contributed by atoms with E-state index in [0.717, 1.165) is 17.4 Å². The number of methoxy groups -OCH3 is 1. The normalized spacial score (nSPS) is 12.1. The number of benzene rings is 4. The molecule has 342 valence electrons. The van der Waals surface area contributed by atoms with Crippen LogP contribution in [-0.2, 0) is 25.7 Å². The Balaban J connectivity index is 1.18. The molecule has 0 aliphatic carbocycles. The number of carbonyl (C=O) groups excluding carboxylic acids is 1. The van der Waals surface area contributed by atoms with Gasteiger partial charge in [-0.15, -0.1) is 0 Å². The lowest BCUT2D eigenvalue weighted by Gasteiger charge is -2.25. The highest BCUT2D eigenvalue weighted by Gasteiger charge is 2.29. The molecule has 15 nitrogen and oxygen atoms in total. The molecule has 2 N–H and O–H groups in total. The number of anilines is 1. The van der Waals surface area contributed by atoms with Crippen LogP contribution in [0, 0.1) is 6.92 Å². The maximum Gasteiger partial charge on any atom is 0.365 e. The Morgan fingerprint density at radius 2 is 1.55 bits per heavy atom. The number of hydrogen-bond donors (Lipinski definition) is 2. The van der Waals surface area contributed by atoms with E-state index in [0.29, 0.717) is 77.0 Å². The third-order valence-corrected chi connectivity index (χ3v) is 12.5. The van der Waals surface area contributed by atoms with E-state index < -0.39 is 32.7 Å².